The zero-order chi connectivity index (χ0) is 10.2. The molecule has 0 aromatic heterocycles. The van der Waals surface area contributed by atoms with Gasteiger partial charge in [0.1, 0.15) is 0 Å². The van der Waals surface area contributed by atoms with E-state index in [4.69, 9.17) is 11.6 Å². The summed E-state index contributed by atoms with van der Waals surface area (Å²) in [6, 6.07) is 8.29. The highest BCUT2D eigenvalue weighted by molar-refractivity contribution is 7.99. The van der Waals surface area contributed by atoms with Crippen LogP contribution in [-0.4, -0.2) is 5.75 Å². The van der Waals surface area contributed by atoms with Gasteiger partial charge in [0.15, 0.2) is 0 Å². The third-order valence-corrected chi connectivity index (χ3v) is 4.70. The van der Waals surface area contributed by atoms with Crippen molar-refractivity contribution in [3.8, 4) is 0 Å². The van der Waals surface area contributed by atoms with E-state index in [2.05, 4.69) is 37.7 Å². The summed E-state index contributed by atoms with van der Waals surface area (Å²) in [5.41, 5.74) is 1.92. The van der Waals surface area contributed by atoms with E-state index >= 15 is 0 Å². The Kier molecular flexibility index (Phi) is 2.81. The molecule has 0 radical (unpaired) electrons. The lowest BCUT2D eigenvalue weighted by atomic mass is 9.89. The average Bonchev–Trinajstić information content (AvgIpc) is 2.47. The lowest BCUT2D eigenvalue weighted by Gasteiger charge is -2.15. The van der Waals surface area contributed by atoms with E-state index in [0.717, 1.165) is 5.02 Å². The quantitative estimate of drug-likeness (QED) is 0.677. The predicted molar refractivity (Wildman–Crippen MR) is 65.0 cm³/mol. The fraction of sp³-hybridized carbons (Fsp3) is 0.500. The molecule has 2 rings (SSSR count). The van der Waals surface area contributed by atoms with E-state index in [0.29, 0.717) is 10.7 Å². The molecule has 1 fully saturated rings. The van der Waals surface area contributed by atoms with Crippen molar-refractivity contribution in [1.29, 1.82) is 0 Å². The predicted octanol–water partition coefficient (Wildman–Crippen LogP) is 4.54. The molecule has 1 aliphatic heterocycles. The van der Waals surface area contributed by atoms with Crippen molar-refractivity contribution in [2.45, 2.75) is 25.5 Å². The number of benzene rings is 1. The van der Waals surface area contributed by atoms with Gasteiger partial charge >= 0.3 is 0 Å². The first-order chi connectivity index (χ1) is 6.57. The Hall–Kier alpha value is -0.140. The summed E-state index contributed by atoms with van der Waals surface area (Å²) >= 11 is 7.93. The molecule has 0 amide bonds. The summed E-state index contributed by atoms with van der Waals surface area (Å²) in [4.78, 5) is 0. The minimum Gasteiger partial charge on any atom is -0.153 e. The van der Waals surface area contributed by atoms with Crippen molar-refractivity contribution in [3.05, 3.63) is 34.9 Å². The SMILES string of the molecule is CC1(C)CSC(c2ccc(Cl)cc2)C1. The van der Waals surface area contributed by atoms with Gasteiger partial charge in [0.05, 0.1) is 0 Å². The molecule has 1 saturated heterocycles. The first-order valence-electron chi connectivity index (χ1n) is 4.94. The summed E-state index contributed by atoms with van der Waals surface area (Å²) < 4.78 is 0. The van der Waals surface area contributed by atoms with Crippen molar-refractivity contribution in [2.75, 3.05) is 5.75 Å². The lowest BCUT2D eigenvalue weighted by Crippen LogP contribution is -2.08. The van der Waals surface area contributed by atoms with Crippen LogP contribution in [0.25, 0.3) is 0 Å². The fourth-order valence-corrected chi connectivity index (χ4v) is 3.65. The van der Waals surface area contributed by atoms with Crippen LogP contribution in [0.5, 0.6) is 0 Å². The maximum absolute atomic E-state index is 5.87. The van der Waals surface area contributed by atoms with E-state index in [1.54, 1.807) is 0 Å². The molecule has 0 bridgehead atoms. The van der Waals surface area contributed by atoms with Gasteiger partial charge in [0.2, 0.25) is 0 Å². The van der Waals surface area contributed by atoms with Crippen molar-refractivity contribution in [2.24, 2.45) is 5.41 Å². The van der Waals surface area contributed by atoms with Crippen molar-refractivity contribution >= 4 is 23.4 Å². The largest absolute Gasteiger partial charge is 0.153 e. The molecule has 1 aromatic carbocycles. The Balaban J connectivity index is 2.14. The molecule has 1 aliphatic rings. The zero-order valence-corrected chi connectivity index (χ0v) is 10.2. The van der Waals surface area contributed by atoms with Gasteiger partial charge in [-0.25, -0.2) is 0 Å². The van der Waals surface area contributed by atoms with E-state index in [1.807, 2.05) is 12.1 Å². The van der Waals surface area contributed by atoms with Crippen LogP contribution < -0.4 is 0 Å². The molecule has 76 valence electrons. The van der Waals surface area contributed by atoms with Crippen molar-refractivity contribution in [1.82, 2.24) is 0 Å². The molecule has 1 unspecified atom stereocenters. The minimum atomic E-state index is 0.495. The summed E-state index contributed by atoms with van der Waals surface area (Å²) in [5.74, 6) is 1.26. The number of thioether (sulfide) groups is 1. The van der Waals surface area contributed by atoms with Crippen LogP contribution in [0.1, 0.15) is 31.1 Å². The molecule has 0 N–H and O–H groups in total. The topological polar surface area (TPSA) is 0 Å². The first kappa shape index (κ1) is 10.4. The molecule has 14 heavy (non-hydrogen) atoms. The summed E-state index contributed by atoms with van der Waals surface area (Å²) in [5, 5.41) is 1.50. The summed E-state index contributed by atoms with van der Waals surface area (Å²) in [7, 11) is 0. The molecular weight excluding hydrogens is 212 g/mol. The normalized spacial score (nSPS) is 25.2. The third-order valence-electron chi connectivity index (χ3n) is 2.66. The van der Waals surface area contributed by atoms with E-state index < -0.39 is 0 Å². The van der Waals surface area contributed by atoms with Gasteiger partial charge in [-0.3, -0.25) is 0 Å². The van der Waals surface area contributed by atoms with Gasteiger partial charge in [-0.15, -0.1) is 0 Å². The maximum atomic E-state index is 5.87. The van der Waals surface area contributed by atoms with E-state index in [9.17, 15) is 0 Å². The Morgan fingerprint density at radius 3 is 2.43 bits per heavy atom. The Bertz CT molecular complexity index is 316. The van der Waals surface area contributed by atoms with Crippen LogP contribution in [0, 0.1) is 5.41 Å². The molecule has 1 atom stereocenters. The van der Waals surface area contributed by atoms with Gasteiger partial charge in [0.25, 0.3) is 0 Å². The van der Waals surface area contributed by atoms with Crippen molar-refractivity contribution in [3.63, 3.8) is 0 Å². The van der Waals surface area contributed by atoms with Gasteiger partial charge in [0, 0.05) is 10.3 Å². The standard InChI is InChI=1S/C12H15ClS/c1-12(2)7-11(14-8-12)9-3-5-10(13)6-4-9/h3-6,11H,7-8H2,1-2H3. The number of hydrogen-bond donors (Lipinski definition) is 0. The van der Waals surface area contributed by atoms with Gasteiger partial charge in [-0.2, -0.15) is 11.8 Å². The molecule has 1 aromatic rings. The smallest absolute Gasteiger partial charge is 0.0406 e. The first-order valence-corrected chi connectivity index (χ1v) is 6.37. The Labute approximate surface area is 95.0 Å². The lowest BCUT2D eigenvalue weighted by molar-refractivity contribution is 0.406. The third kappa shape index (κ3) is 2.26. The number of hydrogen-bond acceptors (Lipinski definition) is 1. The molecule has 0 aliphatic carbocycles. The van der Waals surface area contributed by atoms with Crippen LogP contribution in [0.2, 0.25) is 5.02 Å². The van der Waals surface area contributed by atoms with Crippen LogP contribution in [0.4, 0.5) is 0 Å². The second-order valence-corrected chi connectivity index (χ2v) is 6.35. The second kappa shape index (κ2) is 3.79. The summed E-state index contributed by atoms with van der Waals surface area (Å²) in [6.45, 7) is 4.69. The highest BCUT2D eigenvalue weighted by atomic mass is 35.5. The van der Waals surface area contributed by atoms with Crippen LogP contribution in [-0.2, 0) is 0 Å². The van der Waals surface area contributed by atoms with Crippen molar-refractivity contribution < 1.29 is 0 Å². The highest BCUT2D eigenvalue weighted by Gasteiger charge is 2.32. The molecule has 0 saturated carbocycles. The second-order valence-electron chi connectivity index (χ2n) is 4.72. The number of rotatable bonds is 1. The van der Waals surface area contributed by atoms with Gasteiger partial charge in [-0.1, -0.05) is 37.6 Å². The zero-order valence-electron chi connectivity index (χ0n) is 8.59. The van der Waals surface area contributed by atoms with Crippen LogP contribution >= 0.6 is 23.4 Å². The summed E-state index contributed by atoms with van der Waals surface area (Å²) in [6.07, 6.45) is 1.28. The molecule has 0 spiro atoms. The van der Waals surface area contributed by atoms with Crippen LogP contribution in [0.3, 0.4) is 0 Å². The Morgan fingerprint density at radius 1 is 1.29 bits per heavy atom. The van der Waals surface area contributed by atoms with Crippen LogP contribution in [0.15, 0.2) is 24.3 Å². The molecule has 2 heteroatoms. The van der Waals surface area contributed by atoms with Gasteiger partial charge < -0.3 is 0 Å². The van der Waals surface area contributed by atoms with E-state index in [-0.39, 0.29) is 0 Å². The Morgan fingerprint density at radius 2 is 1.93 bits per heavy atom. The van der Waals surface area contributed by atoms with Gasteiger partial charge in [-0.05, 0) is 35.3 Å². The van der Waals surface area contributed by atoms with E-state index in [1.165, 1.54) is 17.7 Å². The molecular formula is C12H15ClS. The number of halogens is 1. The maximum Gasteiger partial charge on any atom is 0.0406 e. The fourth-order valence-electron chi connectivity index (χ4n) is 1.84. The highest BCUT2D eigenvalue weighted by Crippen LogP contribution is 2.49. The molecule has 1 heterocycles. The molecule has 0 nitrogen and oxygen atoms in total. The minimum absolute atomic E-state index is 0.495. The monoisotopic (exact) mass is 226 g/mol. The average molecular weight is 227 g/mol.